The Morgan fingerprint density at radius 1 is 1.28 bits per heavy atom. The topological polar surface area (TPSA) is 79.8 Å². The number of nitrogens with one attached hydrogen (secondary N) is 2. The predicted molar refractivity (Wildman–Crippen MR) is 96.7 cm³/mol. The monoisotopic (exact) mass is 350 g/mol. The van der Waals surface area contributed by atoms with E-state index in [0.717, 1.165) is 30.8 Å². The number of hydrogen-bond donors (Lipinski definition) is 3. The summed E-state index contributed by atoms with van der Waals surface area (Å²) < 4.78 is 11.4. The zero-order valence-electron chi connectivity index (χ0n) is 15.4. The lowest BCUT2D eigenvalue weighted by Crippen LogP contribution is -2.48. The van der Waals surface area contributed by atoms with Crippen LogP contribution < -0.4 is 15.4 Å². The first kappa shape index (κ1) is 19.5. The molecule has 25 heavy (non-hydrogen) atoms. The second-order valence-corrected chi connectivity index (χ2v) is 6.95. The van der Waals surface area contributed by atoms with Crippen molar-refractivity contribution in [2.45, 2.75) is 64.4 Å². The van der Waals surface area contributed by atoms with Crippen LogP contribution in [0.4, 0.5) is 4.79 Å². The highest BCUT2D eigenvalue weighted by atomic mass is 16.6. The second-order valence-electron chi connectivity index (χ2n) is 6.95. The maximum Gasteiger partial charge on any atom is 0.315 e. The first-order valence-electron chi connectivity index (χ1n) is 9.03. The molecule has 1 aliphatic heterocycles. The van der Waals surface area contributed by atoms with Crippen molar-refractivity contribution in [1.82, 2.24) is 10.6 Å². The lowest BCUT2D eigenvalue weighted by atomic mass is 9.99. The lowest BCUT2D eigenvalue weighted by Gasteiger charge is -2.31. The molecule has 2 amide bonds. The van der Waals surface area contributed by atoms with E-state index >= 15 is 0 Å². The number of unbranched alkanes of at least 4 members (excludes halogenated alkanes) is 1. The molecular weight excluding hydrogens is 320 g/mol. The quantitative estimate of drug-likeness (QED) is 0.497. The highest BCUT2D eigenvalue weighted by molar-refractivity contribution is 5.74. The standard InChI is InChI=1S/C19H30N2O4/c1-4-5-12-24-15-8-6-14(7-9-15)13-16-17(25-19(2,3)23)10-11-20-18(22)21-16/h6-9,16-17,23H,4-5,10-13H2,1-3H3,(H2,20,21,22). The molecule has 0 aromatic heterocycles. The Hall–Kier alpha value is -1.79. The van der Waals surface area contributed by atoms with E-state index in [-0.39, 0.29) is 18.2 Å². The van der Waals surface area contributed by atoms with Gasteiger partial charge in [0.1, 0.15) is 5.75 Å². The van der Waals surface area contributed by atoms with Gasteiger partial charge in [-0.05, 0) is 50.8 Å². The van der Waals surface area contributed by atoms with E-state index in [1.54, 1.807) is 13.8 Å². The van der Waals surface area contributed by atoms with Crippen molar-refractivity contribution in [3.05, 3.63) is 29.8 Å². The van der Waals surface area contributed by atoms with Gasteiger partial charge >= 0.3 is 6.03 Å². The van der Waals surface area contributed by atoms with Crippen LogP contribution in [0.5, 0.6) is 5.75 Å². The molecule has 2 rings (SSSR count). The van der Waals surface area contributed by atoms with Crippen LogP contribution in [0, 0.1) is 0 Å². The second kappa shape index (κ2) is 9.06. The summed E-state index contributed by atoms with van der Waals surface area (Å²) in [6.07, 6.45) is 3.16. The summed E-state index contributed by atoms with van der Waals surface area (Å²) in [4.78, 5) is 11.8. The molecule has 0 radical (unpaired) electrons. The normalized spacial score (nSPS) is 21.2. The van der Waals surface area contributed by atoms with E-state index in [4.69, 9.17) is 9.47 Å². The zero-order valence-corrected chi connectivity index (χ0v) is 15.4. The number of hydrogen-bond acceptors (Lipinski definition) is 4. The summed E-state index contributed by atoms with van der Waals surface area (Å²) in [7, 11) is 0. The molecule has 140 valence electrons. The summed E-state index contributed by atoms with van der Waals surface area (Å²) >= 11 is 0. The number of rotatable bonds is 8. The third kappa shape index (κ3) is 6.92. The van der Waals surface area contributed by atoms with Gasteiger partial charge in [-0.2, -0.15) is 0 Å². The van der Waals surface area contributed by atoms with Crippen LogP contribution in [0.2, 0.25) is 0 Å². The predicted octanol–water partition coefficient (Wildman–Crippen LogP) is 2.59. The Morgan fingerprint density at radius 2 is 2.00 bits per heavy atom. The minimum absolute atomic E-state index is 0.202. The van der Waals surface area contributed by atoms with E-state index in [1.165, 1.54) is 0 Å². The number of carbonyl (C=O) groups is 1. The van der Waals surface area contributed by atoms with Gasteiger partial charge in [-0.3, -0.25) is 0 Å². The molecule has 2 unspecified atom stereocenters. The van der Waals surface area contributed by atoms with Gasteiger partial charge in [0, 0.05) is 6.54 Å². The number of carbonyl (C=O) groups excluding carboxylic acids is 1. The van der Waals surface area contributed by atoms with E-state index in [9.17, 15) is 9.90 Å². The molecule has 1 saturated heterocycles. The third-order valence-electron chi connectivity index (χ3n) is 4.07. The fraction of sp³-hybridized carbons (Fsp3) is 0.632. The fourth-order valence-corrected chi connectivity index (χ4v) is 2.85. The van der Waals surface area contributed by atoms with Gasteiger partial charge in [0.2, 0.25) is 0 Å². The van der Waals surface area contributed by atoms with E-state index in [0.29, 0.717) is 19.4 Å². The van der Waals surface area contributed by atoms with Crippen LogP contribution in [0.15, 0.2) is 24.3 Å². The molecule has 0 spiro atoms. The Labute approximate surface area is 149 Å². The Balaban J connectivity index is 2.01. The van der Waals surface area contributed by atoms with Crippen LogP contribution in [0.25, 0.3) is 0 Å². The van der Waals surface area contributed by atoms with Crippen molar-refractivity contribution in [1.29, 1.82) is 0 Å². The highest BCUT2D eigenvalue weighted by Crippen LogP contribution is 2.20. The summed E-state index contributed by atoms with van der Waals surface area (Å²) in [6, 6.07) is 7.51. The largest absolute Gasteiger partial charge is 0.494 e. The molecule has 1 fully saturated rings. The van der Waals surface area contributed by atoms with E-state index < -0.39 is 5.79 Å². The average molecular weight is 350 g/mol. The molecule has 1 heterocycles. The van der Waals surface area contributed by atoms with Crippen molar-refractivity contribution < 1.29 is 19.4 Å². The molecule has 0 aliphatic carbocycles. The van der Waals surface area contributed by atoms with Crippen molar-refractivity contribution in [3.63, 3.8) is 0 Å². The summed E-state index contributed by atoms with van der Waals surface area (Å²) in [6.45, 7) is 6.59. The number of urea groups is 1. The van der Waals surface area contributed by atoms with Crippen LogP contribution in [-0.2, 0) is 11.2 Å². The number of ether oxygens (including phenoxy) is 2. The minimum Gasteiger partial charge on any atom is -0.494 e. The van der Waals surface area contributed by atoms with E-state index in [2.05, 4.69) is 17.6 Å². The minimum atomic E-state index is -1.24. The first-order chi connectivity index (χ1) is 11.9. The lowest BCUT2D eigenvalue weighted by molar-refractivity contribution is -0.211. The fourth-order valence-electron chi connectivity index (χ4n) is 2.85. The first-order valence-corrected chi connectivity index (χ1v) is 9.03. The summed E-state index contributed by atoms with van der Waals surface area (Å²) in [5.74, 6) is -0.386. The third-order valence-corrected chi connectivity index (χ3v) is 4.07. The SMILES string of the molecule is CCCCOc1ccc(CC2NC(=O)NCCC2OC(C)(C)O)cc1. The Morgan fingerprint density at radius 3 is 2.64 bits per heavy atom. The van der Waals surface area contributed by atoms with Crippen LogP contribution in [0.3, 0.4) is 0 Å². The molecule has 2 atom stereocenters. The van der Waals surface area contributed by atoms with Gasteiger partial charge in [0.15, 0.2) is 5.79 Å². The van der Waals surface area contributed by atoms with Crippen molar-refractivity contribution in [2.24, 2.45) is 0 Å². The average Bonchev–Trinajstić information content (AvgIpc) is 2.69. The smallest absolute Gasteiger partial charge is 0.315 e. The molecule has 1 aromatic rings. The van der Waals surface area contributed by atoms with E-state index in [1.807, 2.05) is 24.3 Å². The molecule has 6 nitrogen and oxygen atoms in total. The molecule has 3 N–H and O–H groups in total. The van der Waals surface area contributed by atoms with Crippen molar-refractivity contribution in [2.75, 3.05) is 13.2 Å². The summed E-state index contributed by atoms with van der Waals surface area (Å²) in [5, 5.41) is 15.7. The molecule has 6 heteroatoms. The van der Waals surface area contributed by atoms with Gasteiger partial charge in [-0.25, -0.2) is 4.79 Å². The van der Waals surface area contributed by atoms with Gasteiger partial charge in [0.25, 0.3) is 0 Å². The summed E-state index contributed by atoms with van der Waals surface area (Å²) in [5.41, 5.74) is 1.08. The zero-order chi connectivity index (χ0) is 18.3. The molecule has 0 saturated carbocycles. The number of aliphatic hydroxyl groups is 1. The van der Waals surface area contributed by atoms with Gasteiger partial charge < -0.3 is 25.2 Å². The maximum atomic E-state index is 11.8. The van der Waals surface area contributed by atoms with Crippen LogP contribution in [-0.4, -0.2) is 42.2 Å². The molecular formula is C19H30N2O4. The van der Waals surface area contributed by atoms with Crippen LogP contribution >= 0.6 is 0 Å². The molecule has 1 aliphatic rings. The Kier molecular flexibility index (Phi) is 7.08. The number of amides is 2. The highest BCUT2D eigenvalue weighted by Gasteiger charge is 2.31. The molecule has 0 bridgehead atoms. The molecule has 1 aromatic carbocycles. The van der Waals surface area contributed by atoms with Gasteiger partial charge in [0.05, 0.1) is 18.8 Å². The van der Waals surface area contributed by atoms with Gasteiger partial charge in [-0.15, -0.1) is 0 Å². The Bertz CT molecular complexity index is 539. The van der Waals surface area contributed by atoms with Crippen molar-refractivity contribution >= 4 is 6.03 Å². The maximum absolute atomic E-state index is 11.8. The number of benzene rings is 1. The van der Waals surface area contributed by atoms with Crippen molar-refractivity contribution in [3.8, 4) is 5.75 Å². The van der Waals surface area contributed by atoms with Gasteiger partial charge in [-0.1, -0.05) is 25.5 Å². The van der Waals surface area contributed by atoms with Crippen LogP contribution in [0.1, 0.15) is 45.6 Å².